The molecule has 1 aromatic rings. The van der Waals surface area contributed by atoms with Gasteiger partial charge < -0.3 is 10.1 Å². The van der Waals surface area contributed by atoms with Crippen molar-refractivity contribution < 1.29 is 18.7 Å². The van der Waals surface area contributed by atoms with Crippen molar-refractivity contribution in [1.29, 1.82) is 0 Å². The fourth-order valence-corrected chi connectivity index (χ4v) is 1.29. The molecule has 0 aromatic heterocycles. The van der Waals surface area contributed by atoms with Crippen LogP contribution in [0.15, 0.2) is 24.3 Å². The number of ether oxygens (including phenoxy) is 1. The van der Waals surface area contributed by atoms with Crippen molar-refractivity contribution in [2.24, 2.45) is 0 Å². The molecule has 0 radical (unpaired) electrons. The van der Waals surface area contributed by atoms with Crippen molar-refractivity contribution in [3.05, 3.63) is 30.1 Å². The SMILES string of the molecule is CCCCNC(=O)NC(=O)COc1ccccc1F. The number of halogens is 1. The Morgan fingerprint density at radius 2 is 2.05 bits per heavy atom. The summed E-state index contributed by atoms with van der Waals surface area (Å²) in [5, 5.41) is 4.62. The molecule has 0 aliphatic heterocycles. The van der Waals surface area contributed by atoms with Crippen molar-refractivity contribution >= 4 is 11.9 Å². The number of imide groups is 1. The molecule has 0 aliphatic rings. The van der Waals surface area contributed by atoms with Crippen LogP contribution in [0.1, 0.15) is 19.8 Å². The van der Waals surface area contributed by atoms with E-state index in [0.717, 1.165) is 12.8 Å². The van der Waals surface area contributed by atoms with E-state index in [2.05, 4.69) is 10.6 Å². The molecule has 1 rings (SSSR count). The van der Waals surface area contributed by atoms with Gasteiger partial charge >= 0.3 is 6.03 Å². The van der Waals surface area contributed by atoms with Crippen LogP contribution in [0.3, 0.4) is 0 Å². The molecule has 0 atom stereocenters. The van der Waals surface area contributed by atoms with Gasteiger partial charge in [-0.25, -0.2) is 9.18 Å². The van der Waals surface area contributed by atoms with Gasteiger partial charge in [-0.05, 0) is 18.6 Å². The van der Waals surface area contributed by atoms with Gasteiger partial charge in [0.15, 0.2) is 18.2 Å². The fraction of sp³-hybridized carbons (Fsp3) is 0.385. The van der Waals surface area contributed by atoms with Crippen molar-refractivity contribution in [2.45, 2.75) is 19.8 Å². The van der Waals surface area contributed by atoms with Crippen LogP contribution in [-0.2, 0) is 4.79 Å². The zero-order valence-electron chi connectivity index (χ0n) is 10.7. The van der Waals surface area contributed by atoms with Crippen LogP contribution in [-0.4, -0.2) is 25.1 Å². The molecule has 0 saturated carbocycles. The smallest absolute Gasteiger partial charge is 0.321 e. The van der Waals surface area contributed by atoms with Gasteiger partial charge in [-0.1, -0.05) is 25.5 Å². The Balaban J connectivity index is 2.28. The summed E-state index contributed by atoms with van der Waals surface area (Å²) in [5.41, 5.74) is 0. The summed E-state index contributed by atoms with van der Waals surface area (Å²) in [6, 6.07) is 5.17. The first-order valence-electron chi connectivity index (χ1n) is 6.08. The van der Waals surface area contributed by atoms with E-state index in [1.165, 1.54) is 18.2 Å². The van der Waals surface area contributed by atoms with Gasteiger partial charge in [0.05, 0.1) is 0 Å². The predicted molar refractivity (Wildman–Crippen MR) is 68.3 cm³/mol. The molecule has 104 valence electrons. The van der Waals surface area contributed by atoms with Crippen molar-refractivity contribution in [3.63, 3.8) is 0 Å². The number of benzene rings is 1. The highest BCUT2D eigenvalue weighted by atomic mass is 19.1. The number of carbonyl (C=O) groups excluding carboxylic acids is 2. The molecule has 0 aliphatic carbocycles. The minimum atomic E-state index is -0.628. The van der Waals surface area contributed by atoms with E-state index >= 15 is 0 Å². The van der Waals surface area contributed by atoms with Crippen molar-refractivity contribution in [2.75, 3.05) is 13.2 Å². The van der Waals surface area contributed by atoms with Gasteiger partial charge in [0, 0.05) is 6.54 Å². The molecule has 0 spiro atoms. The average Bonchev–Trinajstić information content (AvgIpc) is 2.38. The summed E-state index contributed by atoms with van der Waals surface area (Å²) in [5.74, 6) is -1.20. The first-order valence-corrected chi connectivity index (χ1v) is 6.08. The van der Waals surface area contributed by atoms with Gasteiger partial charge in [-0.2, -0.15) is 0 Å². The topological polar surface area (TPSA) is 67.4 Å². The minimum absolute atomic E-state index is 0.0240. The molecule has 0 heterocycles. The van der Waals surface area contributed by atoms with E-state index in [1.807, 2.05) is 6.92 Å². The van der Waals surface area contributed by atoms with E-state index in [4.69, 9.17) is 4.74 Å². The number of urea groups is 1. The maximum atomic E-state index is 13.2. The van der Waals surface area contributed by atoms with E-state index < -0.39 is 24.4 Å². The van der Waals surface area contributed by atoms with Crippen LogP contribution in [0.2, 0.25) is 0 Å². The van der Waals surface area contributed by atoms with Gasteiger partial charge in [0.25, 0.3) is 5.91 Å². The predicted octanol–water partition coefficient (Wildman–Crippen LogP) is 1.83. The third kappa shape index (κ3) is 5.85. The summed E-state index contributed by atoms with van der Waals surface area (Å²) in [4.78, 5) is 22.6. The first-order chi connectivity index (χ1) is 9.13. The standard InChI is InChI=1S/C13H17FN2O3/c1-2-3-8-15-13(18)16-12(17)9-19-11-7-5-4-6-10(11)14/h4-7H,2-3,8-9H2,1H3,(H2,15,16,17,18). The van der Waals surface area contributed by atoms with Crippen LogP contribution in [0.5, 0.6) is 5.75 Å². The molecule has 5 nitrogen and oxygen atoms in total. The summed E-state index contributed by atoms with van der Waals surface area (Å²) in [6.45, 7) is 2.08. The second-order valence-electron chi connectivity index (χ2n) is 3.88. The Morgan fingerprint density at radius 3 is 2.74 bits per heavy atom. The third-order valence-corrected chi connectivity index (χ3v) is 2.26. The number of amides is 3. The van der Waals surface area contributed by atoms with Gasteiger partial charge in [0.1, 0.15) is 0 Å². The zero-order chi connectivity index (χ0) is 14.1. The maximum absolute atomic E-state index is 13.2. The highest BCUT2D eigenvalue weighted by Gasteiger charge is 2.09. The molecule has 0 bridgehead atoms. The van der Waals surface area contributed by atoms with Crippen LogP contribution in [0.25, 0.3) is 0 Å². The Bertz CT molecular complexity index is 438. The second kappa shape index (κ2) is 8.07. The third-order valence-electron chi connectivity index (χ3n) is 2.26. The van der Waals surface area contributed by atoms with Crippen LogP contribution < -0.4 is 15.4 Å². The van der Waals surface area contributed by atoms with E-state index in [0.29, 0.717) is 6.54 Å². The molecular formula is C13H17FN2O3. The lowest BCUT2D eigenvalue weighted by Crippen LogP contribution is -2.41. The summed E-state index contributed by atoms with van der Waals surface area (Å²) >= 11 is 0. The molecule has 0 fully saturated rings. The fourth-order valence-electron chi connectivity index (χ4n) is 1.29. The largest absolute Gasteiger partial charge is 0.481 e. The molecule has 1 aromatic carbocycles. The normalized spacial score (nSPS) is 9.79. The van der Waals surface area contributed by atoms with Crippen LogP contribution >= 0.6 is 0 Å². The van der Waals surface area contributed by atoms with Crippen LogP contribution in [0.4, 0.5) is 9.18 Å². The van der Waals surface area contributed by atoms with Crippen molar-refractivity contribution in [3.8, 4) is 5.75 Å². The number of nitrogens with one attached hydrogen (secondary N) is 2. The van der Waals surface area contributed by atoms with Gasteiger partial charge in [0.2, 0.25) is 0 Å². The Labute approximate surface area is 111 Å². The maximum Gasteiger partial charge on any atom is 0.321 e. The van der Waals surface area contributed by atoms with Crippen molar-refractivity contribution in [1.82, 2.24) is 10.6 Å². The second-order valence-corrected chi connectivity index (χ2v) is 3.88. The lowest BCUT2D eigenvalue weighted by Gasteiger charge is -2.08. The molecule has 6 heteroatoms. The molecule has 3 amide bonds. The van der Waals surface area contributed by atoms with Crippen LogP contribution in [0, 0.1) is 5.82 Å². The number of hydrogen-bond donors (Lipinski definition) is 2. The summed E-state index contributed by atoms with van der Waals surface area (Å²) in [6.07, 6.45) is 1.79. The number of rotatable bonds is 6. The van der Waals surface area contributed by atoms with E-state index in [1.54, 1.807) is 6.07 Å². The average molecular weight is 268 g/mol. The van der Waals surface area contributed by atoms with E-state index in [9.17, 15) is 14.0 Å². The first kappa shape index (κ1) is 14.9. The Morgan fingerprint density at radius 1 is 1.32 bits per heavy atom. The molecule has 19 heavy (non-hydrogen) atoms. The Kier molecular flexibility index (Phi) is 6.35. The molecule has 0 unspecified atom stereocenters. The number of unbranched alkanes of at least 4 members (excludes halogenated alkanes) is 1. The number of para-hydroxylation sites is 1. The summed E-state index contributed by atoms with van der Waals surface area (Å²) < 4.78 is 18.1. The van der Waals surface area contributed by atoms with E-state index in [-0.39, 0.29) is 5.75 Å². The lowest BCUT2D eigenvalue weighted by atomic mass is 10.3. The number of carbonyl (C=O) groups is 2. The molecule has 0 saturated heterocycles. The Hall–Kier alpha value is -2.11. The zero-order valence-corrected chi connectivity index (χ0v) is 10.7. The summed E-state index contributed by atoms with van der Waals surface area (Å²) in [7, 11) is 0. The highest BCUT2D eigenvalue weighted by Crippen LogP contribution is 2.14. The number of hydrogen-bond acceptors (Lipinski definition) is 3. The quantitative estimate of drug-likeness (QED) is 0.773. The molecular weight excluding hydrogens is 251 g/mol. The lowest BCUT2D eigenvalue weighted by molar-refractivity contribution is -0.122. The minimum Gasteiger partial charge on any atom is -0.481 e. The highest BCUT2D eigenvalue weighted by molar-refractivity contribution is 5.94. The molecule has 2 N–H and O–H groups in total. The van der Waals surface area contributed by atoms with Gasteiger partial charge in [-0.3, -0.25) is 10.1 Å². The van der Waals surface area contributed by atoms with Gasteiger partial charge in [-0.15, -0.1) is 0 Å². The monoisotopic (exact) mass is 268 g/mol.